The van der Waals surface area contributed by atoms with E-state index < -0.39 is 55.7 Å². The van der Waals surface area contributed by atoms with Gasteiger partial charge in [-0.25, -0.2) is 13.6 Å². The van der Waals surface area contributed by atoms with Crippen molar-refractivity contribution in [2.75, 3.05) is 30.5 Å². The number of halogens is 8. The number of thiophene rings is 1. The van der Waals surface area contributed by atoms with E-state index in [9.17, 15) is 39.9 Å². The van der Waals surface area contributed by atoms with Crippen molar-refractivity contribution < 1.29 is 49.4 Å². The standard InChI is InChI=1S/C15H12F8N4O3S/c1-27(10-3-2-7(31-10)11(16)17)13(28)26-12-24-8(29-5-14(18,19)20)4-9(25-12)30-6-15(21,22)23/h2-4,11H,5-6H2,1H3,(H,24,25,26,28). The lowest BCUT2D eigenvalue weighted by molar-refractivity contribution is -0.154. The van der Waals surface area contributed by atoms with E-state index in [0.717, 1.165) is 11.0 Å². The Hall–Kier alpha value is -2.91. The molecule has 172 valence electrons. The van der Waals surface area contributed by atoms with Gasteiger partial charge in [-0.1, -0.05) is 0 Å². The molecule has 0 aliphatic carbocycles. The highest BCUT2D eigenvalue weighted by Crippen LogP contribution is 2.32. The Kier molecular flexibility index (Phi) is 7.45. The Balaban J connectivity index is 2.20. The monoisotopic (exact) mass is 480 g/mol. The zero-order chi connectivity index (χ0) is 23.4. The van der Waals surface area contributed by atoms with Crippen molar-refractivity contribution in [1.29, 1.82) is 0 Å². The van der Waals surface area contributed by atoms with Crippen LogP contribution in [0.25, 0.3) is 0 Å². The number of anilines is 2. The molecule has 0 fully saturated rings. The third-order valence-corrected chi connectivity index (χ3v) is 4.30. The van der Waals surface area contributed by atoms with E-state index in [2.05, 4.69) is 19.4 Å². The van der Waals surface area contributed by atoms with Crippen molar-refractivity contribution in [2.24, 2.45) is 0 Å². The van der Waals surface area contributed by atoms with Gasteiger partial charge in [-0.15, -0.1) is 11.3 Å². The maximum absolute atomic E-state index is 12.7. The minimum Gasteiger partial charge on any atom is -0.468 e. The van der Waals surface area contributed by atoms with Gasteiger partial charge in [0.15, 0.2) is 13.2 Å². The summed E-state index contributed by atoms with van der Waals surface area (Å²) in [5.74, 6) is -2.38. The third-order valence-electron chi connectivity index (χ3n) is 3.13. The number of aromatic nitrogens is 2. The summed E-state index contributed by atoms with van der Waals surface area (Å²) in [6.45, 7) is -3.64. The van der Waals surface area contributed by atoms with Crippen LogP contribution in [0.3, 0.4) is 0 Å². The number of ether oxygens (including phenoxy) is 2. The lowest BCUT2D eigenvalue weighted by atomic mass is 10.5. The molecule has 0 unspecified atom stereocenters. The van der Waals surface area contributed by atoms with Crippen LogP contribution in [-0.4, -0.2) is 48.6 Å². The molecule has 31 heavy (non-hydrogen) atoms. The second kappa shape index (κ2) is 9.49. The van der Waals surface area contributed by atoms with E-state index in [1.54, 1.807) is 0 Å². The first-order chi connectivity index (χ1) is 14.2. The summed E-state index contributed by atoms with van der Waals surface area (Å²) in [7, 11) is 1.18. The van der Waals surface area contributed by atoms with Crippen LogP contribution in [0.1, 0.15) is 11.3 Å². The summed E-state index contributed by atoms with van der Waals surface area (Å²) < 4.78 is 108. The van der Waals surface area contributed by atoms with E-state index in [4.69, 9.17) is 0 Å². The van der Waals surface area contributed by atoms with Gasteiger partial charge in [0.05, 0.1) is 15.9 Å². The molecule has 0 aliphatic rings. The van der Waals surface area contributed by atoms with Gasteiger partial charge in [0.2, 0.25) is 17.7 Å². The van der Waals surface area contributed by atoms with Gasteiger partial charge in [0.1, 0.15) is 0 Å². The molecular formula is C15H12F8N4O3S. The number of amides is 2. The number of hydrogen-bond donors (Lipinski definition) is 1. The molecule has 2 rings (SSSR count). The molecule has 2 amide bonds. The quantitative estimate of drug-likeness (QED) is 0.563. The lowest BCUT2D eigenvalue weighted by Crippen LogP contribution is -2.31. The first-order valence-electron chi connectivity index (χ1n) is 7.94. The Morgan fingerprint density at radius 2 is 1.58 bits per heavy atom. The van der Waals surface area contributed by atoms with Gasteiger partial charge >= 0.3 is 18.4 Å². The van der Waals surface area contributed by atoms with E-state index in [1.165, 1.54) is 13.1 Å². The van der Waals surface area contributed by atoms with E-state index in [-0.39, 0.29) is 9.88 Å². The van der Waals surface area contributed by atoms with E-state index >= 15 is 0 Å². The fourth-order valence-electron chi connectivity index (χ4n) is 1.84. The lowest BCUT2D eigenvalue weighted by Gasteiger charge is -2.16. The number of carbonyl (C=O) groups is 1. The maximum Gasteiger partial charge on any atom is 0.422 e. The van der Waals surface area contributed by atoms with Gasteiger partial charge in [0, 0.05) is 7.05 Å². The molecule has 0 spiro atoms. The molecule has 2 heterocycles. The number of nitrogens with one attached hydrogen (secondary N) is 1. The Morgan fingerprint density at radius 1 is 1.06 bits per heavy atom. The van der Waals surface area contributed by atoms with Crippen LogP contribution >= 0.6 is 11.3 Å². The van der Waals surface area contributed by atoms with Crippen LogP contribution in [0, 0.1) is 0 Å². The first-order valence-corrected chi connectivity index (χ1v) is 8.76. The zero-order valence-corrected chi connectivity index (χ0v) is 16.0. The average Bonchev–Trinajstić information content (AvgIpc) is 3.13. The van der Waals surface area contributed by atoms with Crippen LogP contribution in [-0.2, 0) is 0 Å². The highest BCUT2D eigenvalue weighted by molar-refractivity contribution is 7.16. The van der Waals surface area contributed by atoms with Gasteiger partial charge in [0.25, 0.3) is 6.43 Å². The molecule has 7 nitrogen and oxygen atoms in total. The van der Waals surface area contributed by atoms with Crippen molar-refractivity contribution in [3.05, 3.63) is 23.1 Å². The number of nitrogens with zero attached hydrogens (tertiary/aromatic N) is 3. The summed E-state index contributed by atoms with van der Waals surface area (Å²) in [4.78, 5) is 19.7. The Morgan fingerprint density at radius 3 is 2.00 bits per heavy atom. The molecule has 2 aromatic heterocycles. The fraction of sp³-hybridized carbons (Fsp3) is 0.400. The van der Waals surface area contributed by atoms with Crippen LogP contribution in [0.2, 0.25) is 0 Å². The topological polar surface area (TPSA) is 76.6 Å². The summed E-state index contributed by atoms with van der Waals surface area (Å²) in [6.07, 6.45) is -12.3. The smallest absolute Gasteiger partial charge is 0.422 e. The molecule has 0 saturated carbocycles. The van der Waals surface area contributed by atoms with Crippen LogP contribution in [0.15, 0.2) is 18.2 Å². The fourth-order valence-corrected chi connectivity index (χ4v) is 2.66. The van der Waals surface area contributed by atoms with Gasteiger partial charge < -0.3 is 9.47 Å². The molecule has 0 saturated heterocycles. The Bertz CT molecular complexity index is 867. The molecule has 0 aromatic carbocycles. The summed E-state index contributed by atoms with van der Waals surface area (Å²) in [5.41, 5.74) is 0. The van der Waals surface area contributed by atoms with Crippen LogP contribution in [0.5, 0.6) is 11.8 Å². The number of alkyl halides is 8. The predicted octanol–water partition coefficient (Wildman–Crippen LogP) is 5.03. The average molecular weight is 480 g/mol. The highest BCUT2D eigenvalue weighted by Gasteiger charge is 2.30. The van der Waals surface area contributed by atoms with E-state index in [1.807, 2.05) is 5.32 Å². The van der Waals surface area contributed by atoms with Crippen molar-refractivity contribution >= 4 is 28.3 Å². The van der Waals surface area contributed by atoms with Crippen molar-refractivity contribution in [1.82, 2.24) is 9.97 Å². The SMILES string of the molecule is CN(C(=O)Nc1nc(OCC(F)(F)F)cc(OCC(F)(F)F)n1)c1ccc(C(F)F)s1. The largest absolute Gasteiger partial charge is 0.468 e. The number of rotatable bonds is 7. The van der Waals surface area contributed by atoms with Crippen molar-refractivity contribution in [3.8, 4) is 11.8 Å². The molecule has 0 radical (unpaired) electrons. The van der Waals surface area contributed by atoms with Crippen LogP contribution < -0.4 is 19.7 Å². The summed E-state index contributed by atoms with van der Waals surface area (Å²) in [6, 6.07) is 1.86. The van der Waals surface area contributed by atoms with E-state index in [0.29, 0.717) is 17.4 Å². The number of hydrogen-bond acceptors (Lipinski definition) is 6. The Labute approximate surface area is 172 Å². The number of carbonyl (C=O) groups excluding carboxylic acids is 1. The minimum absolute atomic E-state index is 0.0748. The minimum atomic E-state index is -4.77. The molecule has 1 N–H and O–H groups in total. The molecule has 0 bridgehead atoms. The second-order valence-corrected chi connectivity index (χ2v) is 6.74. The van der Waals surface area contributed by atoms with Crippen molar-refractivity contribution in [2.45, 2.75) is 18.8 Å². The normalized spacial score (nSPS) is 12.1. The van der Waals surface area contributed by atoms with Gasteiger partial charge in [-0.2, -0.15) is 36.3 Å². The molecule has 2 aromatic rings. The van der Waals surface area contributed by atoms with Crippen molar-refractivity contribution in [3.63, 3.8) is 0 Å². The highest BCUT2D eigenvalue weighted by atomic mass is 32.1. The third kappa shape index (κ3) is 8.03. The molecular weight excluding hydrogens is 468 g/mol. The first kappa shape index (κ1) is 24.4. The second-order valence-electron chi connectivity index (χ2n) is 5.64. The summed E-state index contributed by atoms with van der Waals surface area (Å²) in [5, 5.41) is 2.09. The molecule has 0 atom stereocenters. The van der Waals surface area contributed by atoms with Gasteiger partial charge in [-0.05, 0) is 12.1 Å². The van der Waals surface area contributed by atoms with Crippen LogP contribution in [0.4, 0.5) is 50.9 Å². The van der Waals surface area contributed by atoms with Gasteiger partial charge in [-0.3, -0.25) is 10.2 Å². The zero-order valence-electron chi connectivity index (χ0n) is 15.2. The summed E-state index contributed by atoms with van der Waals surface area (Å²) >= 11 is 0.591. The maximum atomic E-state index is 12.7. The molecule has 16 heteroatoms. The number of urea groups is 1. The molecule has 0 aliphatic heterocycles. The predicted molar refractivity (Wildman–Crippen MR) is 91.8 cm³/mol.